The first-order valence-corrected chi connectivity index (χ1v) is 42.2. The van der Waals surface area contributed by atoms with E-state index in [1.165, 1.54) is 180 Å². The van der Waals surface area contributed by atoms with Gasteiger partial charge in [-0.3, -0.25) is 37.3 Å². The van der Waals surface area contributed by atoms with Crippen LogP contribution in [0, 0.1) is 23.7 Å². The van der Waals surface area contributed by atoms with E-state index in [9.17, 15) is 43.2 Å². The Bertz CT molecular complexity index is 1870. The molecule has 3 N–H and O–H groups in total. The molecular weight excluding hydrogens is 1250 g/mol. The molecule has 0 spiro atoms. The van der Waals surface area contributed by atoms with Crippen LogP contribution >= 0.6 is 15.6 Å². The molecule has 0 heterocycles. The monoisotopic (exact) mass is 1400 g/mol. The van der Waals surface area contributed by atoms with E-state index >= 15 is 0 Å². The third-order valence-corrected chi connectivity index (χ3v) is 19.5. The maximum Gasteiger partial charge on any atom is 0.472 e. The van der Waals surface area contributed by atoms with Crippen LogP contribution in [-0.4, -0.2) is 96.7 Å². The van der Waals surface area contributed by atoms with Gasteiger partial charge in [0.05, 0.1) is 26.4 Å². The van der Waals surface area contributed by atoms with Crippen molar-refractivity contribution in [3.05, 3.63) is 0 Å². The molecule has 564 valence electrons. The van der Waals surface area contributed by atoms with Crippen LogP contribution in [0.25, 0.3) is 0 Å². The third-order valence-electron chi connectivity index (χ3n) is 17.6. The van der Waals surface area contributed by atoms with E-state index < -0.39 is 97.5 Å². The Morgan fingerprint density at radius 1 is 0.263 bits per heavy atom. The van der Waals surface area contributed by atoms with E-state index in [1.54, 1.807) is 0 Å². The predicted molar refractivity (Wildman–Crippen MR) is 386 cm³/mol. The van der Waals surface area contributed by atoms with Crippen molar-refractivity contribution < 1.29 is 80.2 Å². The number of hydrogen-bond donors (Lipinski definition) is 3. The summed E-state index contributed by atoms with van der Waals surface area (Å²) in [4.78, 5) is 72.7. The molecule has 3 unspecified atom stereocenters. The second-order valence-corrected chi connectivity index (χ2v) is 32.2. The van der Waals surface area contributed by atoms with Crippen molar-refractivity contribution in [1.82, 2.24) is 0 Å². The zero-order chi connectivity index (χ0) is 70.3. The molecule has 0 aliphatic rings. The van der Waals surface area contributed by atoms with E-state index in [0.717, 1.165) is 114 Å². The number of esters is 4. The molecule has 0 amide bonds. The first-order chi connectivity index (χ1) is 45.6. The quantitative estimate of drug-likeness (QED) is 0.0222. The van der Waals surface area contributed by atoms with Crippen LogP contribution in [0.3, 0.4) is 0 Å². The summed E-state index contributed by atoms with van der Waals surface area (Å²) in [6.45, 7) is 14.1. The van der Waals surface area contributed by atoms with Crippen LogP contribution in [0.15, 0.2) is 0 Å². The fourth-order valence-corrected chi connectivity index (χ4v) is 13.1. The molecule has 5 atom stereocenters. The summed E-state index contributed by atoms with van der Waals surface area (Å²) in [5, 5.41) is 10.6. The van der Waals surface area contributed by atoms with Crippen molar-refractivity contribution in [2.75, 3.05) is 39.6 Å². The van der Waals surface area contributed by atoms with Gasteiger partial charge < -0.3 is 33.8 Å². The Morgan fingerprint density at radius 3 is 0.653 bits per heavy atom. The zero-order valence-electron chi connectivity index (χ0n) is 62.3. The molecule has 0 aliphatic carbocycles. The van der Waals surface area contributed by atoms with Crippen molar-refractivity contribution in [3.8, 4) is 0 Å². The summed E-state index contributed by atoms with van der Waals surface area (Å²) in [6, 6.07) is 0. The van der Waals surface area contributed by atoms with Crippen molar-refractivity contribution in [2.24, 2.45) is 23.7 Å². The summed E-state index contributed by atoms with van der Waals surface area (Å²) >= 11 is 0. The smallest absolute Gasteiger partial charge is 0.462 e. The van der Waals surface area contributed by atoms with Crippen LogP contribution < -0.4 is 0 Å². The number of phosphoric acid groups is 2. The Balaban J connectivity index is 5.16. The van der Waals surface area contributed by atoms with Crippen molar-refractivity contribution in [1.29, 1.82) is 0 Å². The molecule has 0 radical (unpaired) electrons. The minimum atomic E-state index is -4.96. The van der Waals surface area contributed by atoms with Crippen LogP contribution in [0.5, 0.6) is 0 Å². The normalized spacial score (nSPS) is 14.1. The number of phosphoric ester groups is 2. The van der Waals surface area contributed by atoms with Crippen molar-refractivity contribution in [2.45, 2.75) is 401 Å². The number of rotatable bonds is 73. The van der Waals surface area contributed by atoms with Crippen molar-refractivity contribution in [3.63, 3.8) is 0 Å². The Morgan fingerprint density at radius 2 is 0.442 bits per heavy atom. The van der Waals surface area contributed by atoms with Gasteiger partial charge in [-0.1, -0.05) is 331 Å². The molecule has 0 aliphatic heterocycles. The summed E-state index contributed by atoms with van der Waals surface area (Å²) in [7, 11) is -9.91. The molecule has 95 heavy (non-hydrogen) atoms. The Kier molecular flexibility index (Phi) is 64.0. The number of hydrogen-bond acceptors (Lipinski definition) is 15. The number of carbonyl (C=O) groups is 4. The molecular formula is C76H148O17P2. The van der Waals surface area contributed by atoms with E-state index in [1.807, 2.05) is 0 Å². The number of carbonyl (C=O) groups excluding carboxylic acids is 4. The summed E-state index contributed by atoms with van der Waals surface area (Å²) in [5.41, 5.74) is 0. The number of ether oxygens (including phenoxy) is 4. The molecule has 0 aromatic heterocycles. The van der Waals surface area contributed by atoms with E-state index in [4.69, 9.17) is 37.0 Å². The molecule has 17 nitrogen and oxygen atoms in total. The van der Waals surface area contributed by atoms with Crippen LogP contribution in [0.4, 0.5) is 0 Å². The van der Waals surface area contributed by atoms with Crippen molar-refractivity contribution >= 4 is 39.5 Å². The van der Waals surface area contributed by atoms with Gasteiger partial charge in [0.2, 0.25) is 0 Å². The maximum atomic E-state index is 13.1. The molecule has 0 fully saturated rings. The van der Waals surface area contributed by atoms with Gasteiger partial charge in [-0.25, -0.2) is 9.13 Å². The topological polar surface area (TPSA) is 237 Å². The lowest BCUT2D eigenvalue weighted by atomic mass is 10.0. The van der Waals surface area contributed by atoms with E-state index in [2.05, 4.69) is 55.4 Å². The standard InChI is InChI=1S/C76H148O17P2/c1-66(2)52-44-36-28-22-18-15-13-11-9-10-12-14-16-20-25-32-42-50-58-75(80)92-72(63-87-74(79)57-49-41-35-34-39-47-55-69(7)8)65-91-95(84,85)89-61-70(77)60-88-94(82,83)90-64-71(93-76(81)59-51-43-33-27-26-30-38-46-54-68(5)6)62-86-73(78)56-48-40-31-24-21-17-19-23-29-37-45-53-67(3)4/h66-72,77H,9-65H2,1-8H3,(H,82,83)(H,84,85)/t70?,71-,72-/m1/s1. The largest absolute Gasteiger partial charge is 0.472 e. The fourth-order valence-electron chi connectivity index (χ4n) is 11.6. The highest BCUT2D eigenvalue weighted by atomic mass is 31.2. The molecule has 0 saturated carbocycles. The number of unbranched alkanes of at least 4 members (excludes halogenated alkanes) is 39. The zero-order valence-corrected chi connectivity index (χ0v) is 64.1. The Hall–Kier alpha value is -1.94. The maximum absolute atomic E-state index is 13.1. The number of aliphatic hydroxyl groups is 1. The van der Waals surface area contributed by atoms with Gasteiger partial charge in [0.1, 0.15) is 19.3 Å². The summed E-state index contributed by atoms with van der Waals surface area (Å²) in [5.74, 6) is 0.864. The predicted octanol–water partition coefficient (Wildman–Crippen LogP) is 22.0. The molecule has 0 aromatic rings. The number of aliphatic hydroxyl groups excluding tert-OH is 1. The first-order valence-electron chi connectivity index (χ1n) is 39.2. The minimum Gasteiger partial charge on any atom is -0.462 e. The lowest BCUT2D eigenvalue weighted by Crippen LogP contribution is -2.30. The van der Waals surface area contributed by atoms with Crippen LogP contribution in [0.1, 0.15) is 383 Å². The molecule has 0 bridgehead atoms. The van der Waals surface area contributed by atoms with Gasteiger partial charge in [0.25, 0.3) is 0 Å². The van der Waals surface area contributed by atoms with Gasteiger partial charge in [-0.2, -0.15) is 0 Å². The van der Waals surface area contributed by atoms with Gasteiger partial charge >= 0.3 is 39.5 Å². The fraction of sp³-hybridized carbons (Fsp3) is 0.947. The second kappa shape index (κ2) is 65.4. The Labute approximate surface area is 581 Å². The molecule has 19 heteroatoms. The molecule has 0 rings (SSSR count). The summed E-state index contributed by atoms with van der Waals surface area (Å²) < 4.78 is 68.4. The average Bonchev–Trinajstić information content (AvgIpc) is 1.33. The SMILES string of the molecule is CC(C)CCCCCCCCCCCCCCCCCCCCC(=O)O[C@H](COC(=O)CCCCCCCCC(C)C)COP(=O)(O)OCC(O)COP(=O)(O)OC[C@@H](COC(=O)CCCCCCCCCCCCCC(C)C)OC(=O)CCCCCCCCCCC(C)C. The minimum absolute atomic E-state index is 0.104. The van der Waals surface area contributed by atoms with Gasteiger partial charge in [0.15, 0.2) is 12.2 Å². The van der Waals surface area contributed by atoms with Crippen LogP contribution in [-0.2, 0) is 65.4 Å². The molecule has 0 aromatic carbocycles. The van der Waals surface area contributed by atoms with Gasteiger partial charge in [0, 0.05) is 25.7 Å². The third kappa shape index (κ3) is 70.3. The highest BCUT2D eigenvalue weighted by Gasteiger charge is 2.30. The first kappa shape index (κ1) is 93.1. The van der Waals surface area contributed by atoms with Gasteiger partial charge in [-0.05, 0) is 49.4 Å². The van der Waals surface area contributed by atoms with E-state index in [-0.39, 0.29) is 25.7 Å². The molecule has 0 saturated heterocycles. The average molecular weight is 1400 g/mol. The van der Waals surface area contributed by atoms with Gasteiger partial charge in [-0.15, -0.1) is 0 Å². The highest BCUT2D eigenvalue weighted by Crippen LogP contribution is 2.45. The second-order valence-electron chi connectivity index (χ2n) is 29.3. The van der Waals surface area contributed by atoms with Crippen LogP contribution in [0.2, 0.25) is 0 Å². The summed E-state index contributed by atoms with van der Waals surface area (Å²) in [6.07, 6.45) is 50.3. The highest BCUT2D eigenvalue weighted by molar-refractivity contribution is 7.47. The van der Waals surface area contributed by atoms with E-state index in [0.29, 0.717) is 31.6 Å². The lowest BCUT2D eigenvalue weighted by molar-refractivity contribution is -0.161. The lowest BCUT2D eigenvalue weighted by Gasteiger charge is -2.21.